The fourth-order valence-electron chi connectivity index (χ4n) is 4.31. The van der Waals surface area contributed by atoms with Crippen LogP contribution in [0.2, 0.25) is 0 Å². The molecule has 0 atom stereocenters. The van der Waals surface area contributed by atoms with Crippen LogP contribution in [0.25, 0.3) is 0 Å². The molecule has 1 fully saturated rings. The molecule has 0 saturated carbocycles. The lowest BCUT2D eigenvalue weighted by molar-refractivity contribution is -0.134. The van der Waals surface area contributed by atoms with Gasteiger partial charge in [0.1, 0.15) is 11.5 Å². The van der Waals surface area contributed by atoms with E-state index in [9.17, 15) is 24.0 Å². The summed E-state index contributed by atoms with van der Waals surface area (Å²) in [5, 5.41) is 28.4. The van der Waals surface area contributed by atoms with Crippen molar-refractivity contribution in [1.82, 2.24) is 9.80 Å². The molecule has 2 aromatic rings. The van der Waals surface area contributed by atoms with E-state index in [0.717, 1.165) is 53.6 Å². The van der Waals surface area contributed by atoms with Crippen molar-refractivity contribution in [2.75, 3.05) is 26.2 Å². The smallest absolute Gasteiger partial charge is 0.328 e. The minimum absolute atomic E-state index is 0.126. The number of piperidine rings is 1. The fourth-order valence-corrected chi connectivity index (χ4v) is 4.72. The molecule has 2 aliphatic heterocycles. The lowest BCUT2D eigenvalue weighted by Crippen LogP contribution is -2.41. The highest BCUT2D eigenvalue weighted by molar-refractivity contribution is 9.10. The Morgan fingerprint density at radius 2 is 1.68 bits per heavy atom. The molecule has 0 unspecified atom stereocenters. The van der Waals surface area contributed by atoms with Crippen LogP contribution in [0.4, 0.5) is 4.39 Å². The molecule has 2 heterocycles. The fraction of sp³-hybridized carbons (Fsp3) is 0.308. The van der Waals surface area contributed by atoms with Gasteiger partial charge in [-0.1, -0.05) is 33.2 Å². The van der Waals surface area contributed by atoms with E-state index in [0.29, 0.717) is 36.9 Å². The molecule has 2 aliphatic rings. The molecule has 9 nitrogen and oxygen atoms in total. The first-order valence-corrected chi connectivity index (χ1v) is 12.4. The molecule has 2 aromatic carbocycles. The highest BCUT2D eigenvalue weighted by atomic mass is 79.9. The van der Waals surface area contributed by atoms with E-state index in [-0.39, 0.29) is 11.7 Å². The third-order valence-corrected chi connectivity index (χ3v) is 6.67. The number of carbonyl (C=O) groups excluding carboxylic acids is 1. The highest BCUT2D eigenvalue weighted by Gasteiger charge is 2.30. The molecule has 0 spiro atoms. The molecular formula is C26H27BrFN3O6. The predicted molar refractivity (Wildman–Crippen MR) is 137 cm³/mol. The number of carboxylic acids is 2. The molecule has 196 valence electrons. The molecule has 0 aromatic heterocycles. The van der Waals surface area contributed by atoms with Gasteiger partial charge in [-0.3, -0.25) is 9.69 Å². The standard InChI is InChI=1S/C22H23BrFN3O2.C4H4O4/c23-18-3-6-20-17(11-18)13-27(22(20)28)12-15-7-9-26(10-8-15)14-21(25-29)16-1-4-19(24)5-2-16;5-3(6)1-2-4(7)8/h1-6,11,15,29H,7-10,12-14H2;1-2H,(H,5,6)(H,7,8)/b25-21+;2-1+. The summed E-state index contributed by atoms with van der Waals surface area (Å²) in [4.78, 5) is 35.9. The Morgan fingerprint density at radius 1 is 1.05 bits per heavy atom. The minimum atomic E-state index is -1.26. The Bertz CT molecular complexity index is 1180. The van der Waals surface area contributed by atoms with Crippen LogP contribution in [-0.2, 0) is 16.1 Å². The molecule has 0 bridgehead atoms. The second kappa shape index (κ2) is 13.1. The summed E-state index contributed by atoms with van der Waals surface area (Å²) in [5.74, 6) is -2.23. The molecular weight excluding hydrogens is 549 g/mol. The van der Waals surface area contributed by atoms with Gasteiger partial charge in [0.15, 0.2) is 0 Å². The number of halogens is 2. The average Bonchev–Trinajstić information content (AvgIpc) is 3.17. The topological polar surface area (TPSA) is 131 Å². The SMILES string of the molecule is O=C(O)/C=C/C(=O)O.O=C1c2ccc(Br)cc2CN1CC1CCN(C/C(=N\O)c2ccc(F)cc2)CC1. The molecule has 0 radical (unpaired) electrons. The van der Waals surface area contributed by atoms with Crippen molar-refractivity contribution in [1.29, 1.82) is 0 Å². The number of hydrogen-bond donors (Lipinski definition) is 3. The van der Waals surface area contributed by atoms with E-state index in [4.69, 9.17) is 10.2 Å². The van der Waals surface area contributed by atoms with Gasteiger partial charge in [-0.05, 0) is 67.7 Å². The van der Waals surface area contributed by atoms with Crippen LogP contribution in [0.3, 0.4) is 0 Å². The Morgan fingerprint density at radius 3 is 2.24 bits per heavy atom. The maximum Gasteiger partial charge on any atom is 0.328 e. The van der Waals surface area contributed by atoms with Crippen molar-refractivity contribution in [2.24, 2.45) is 11.1 Å². The second-order valence-electron chi connectivity index (χ2n) is 8.77. The lowest BCUT2D eigenvalue weighted by atomic mass is 9.95. The molecule has 4 rings (SSSR count). The third-order valence-electron chi connectivity index (χ3n) is 6.17. The summed E-state index contributed by atoms with van der Waals surface area (Å²) in [6, 6.07) is 11.8. The van der Waals surface area contributed by atoms with Crippen LogP contribution in [0, 0.1) is 11.7 Å². The predicted octanol–water partition coefficient (Wildman–Crippen LogP) is 3.85. The average molecular weight is 576 g/mol. The van der Waals surface area contributed by atoms with Gasteiger partial charge in [0.2, 0.25) is 0 Å². The quantitative estimate of drug-likeness (QED) is 0.198. The second-order valence-corrected chi connectivity index (χ2v) is 9.69. The monoisotopic (exact) mass is 575 g/mol. The number of carboxylic acid groups (broad SMARTS) is 2. The zero-order valence-electron chi connectivity index (χ0n) is 19.9. The first-order valence-electron chi connectivity index (χ1n) is 11.6. The maximum atomic E-state index is 13.1. The number of benzene rings is 2. The van der Waals surface area contributed by atoms with Gasteiger partial charge in [-0.25, -0.2) is 14.0 Å². The van der Waals surface area contributed by atoms with Crippen LogP contribution in [-0.4, -0.2) is 75.0 Å². The number of amides is 1. The zero-order valence-corrected chi connectivity index (χ0v) is 21.5. The summed E-state index contributed by atoms with van der Waals surface area (Å²) >= 11 is 3.47. The zero-order chi connectivity index (χ0) is 26.9. The van der Waals surface area contributed by atoms with Crippen molar-refractivity contribution >= 4 is 39.5 Å². The van der Waals surface area contributed by atoms with Crippen LogP contribution >= 0.6 is 15.9 Å². The highest BCUT2D eigenvalue weighted by Crippen LogP contribution is 2.28. The first-order chi connectivity index (χ1) is 17.7. The number of carbonyl (C=O) groups is 3. The Balaban J connectivity index is 0.000000414. The third kappa shape index (κ3) is 8.22. The van der Waals surface area contributed by atoms with E-state index in [1.54, 1.807) is 12.1 Å². The van der Waals surface area contributed by atoms with Gasteiger partial charge in [0.25, 0.3) is 5.91 Å². The van der Waals surface area contributed by atoms with Crippen LogP contribution in [0.15, 0.2) is 64.2 Å². The van der Waals surface area contributed by atoms with Crippen molar-refractivity contribution in [3.63, 3.8) is 0 Å². The summed E-state index contributed by atoms with van der Waals surface area (Å²) in [6.45, 7) is 3.74. The normalized spacial score (nSPS) is 16.4. The van der Waals surface area contributed by atoms with Gasteiger partial charge in [0.05, 0.1) is 0 Å². The number of nitrogens with zero attached hydrogens (tertiary/aromatic N) is 3. The molecule has 3 N–H and O–H groups in total. The Kier molecular flexibility index (Phi) is 9.93. The minimum Gasteiger partial charge on any atom is -0.478 e. The van der Waals surface area contributed by atoms with E-state index >= 15 is 0 Å². The maximum absolute atomic E-state index is 13.1. The lowest BCUT2D eigenvalue weighted by Gasteiger charge is -2.33. The van der Waals surface area contributed by atoms with Crippen molar-refractivity contribution in [2.45, 2.75) is 19.4 Å². The number of fused-ring (bicyclic) bond motifs is 1. The largest absolute Gasteiger partial charge is 0.478 e. The van der Waals surface area contributed by atoms with Gasteiger partial charge in [0, 0.05) is 47.4 Å². The van der Waals surface area contributed by atoms with Gasteiger partial charge >= 0.3 is 11.9 Å². The van der Waals surface area contributed by atoms with Crippen LogP contribution in [0.5, 0.6) is 0 Å². The number of likely N-dealkylation sites (tertiary alicyclic amines) is 1. The van der Waals surface area contributed by atoms with E-state index < -0.39 is 11.9 Å². The molecule has 1 amide bonds. The van der Waals surface area contributed by atoms with Crippen molar-refractivity contribution in [3.05, 3.63) is 81.6 Å². The van der Waals surface area contributed by atoms with Gasteiger partial charge < -0.3 is 20.3 Å². The van der Waals surface area contributed by atoms with E-state index in [1.807, 2.05) is 23.1 Å². The van der Waals surface area contributed by atoms with Crippen LogP contribution < -0.4 is 0 Å². The molecule has 11 heteroatoms. The number of hydrogen-bond acceptors (Lipinski definition) is 6. The summed E-state index contributed by atoms with van der Waals surface area (Å²) in [6.07, 6.45) is 3.10. The summed E-state index contributed by atoms with van der Waals surface area (Å²) in [7, 11) is 0. The first kappa shape index (κ1) is 28.0. The summed E-state index contributed by atoms with van der Waals surface area (Å²) in [5.41, 5.74) is 3.17. The molecule has 0 aliphatic carbocycles. The van der Waals surface area contributed by atoms with E-state index in [1.165, 1.54) is 12.1 Å². The van der Waals surface area contributed by atoms with Gasteiger partial charge in [-0.2, -0.15) is 0 Å². The van der Waals surface area contributed by atoms with Crippen molar-refractivity contribution < 1.29 is 34.2 Å². The van der Waals surface area contributed by atoms with Crippen molar-refractivity contribution in [3.8, 4) is 0 Å². The molecule has 37 heavy (non-hydrogen) atoms. The number of oxime groups is 1. The van der Waals surface area contributed by atoms with Gasteiger partial charge in [-0.15, -0.1) is 0 Å². The Labute approximate surface area is 221 Å². The van der Waals surface area contributed by atoms with E-state index in [2.05, 4.69) is 26.0 Å². The Hall–Kier alpha value is -3.57. The summed E-state index contributed by atoms with van der Waals surface area (Å²) < 4.78 is 14.1. The van der Waals surface area contributed by atoms with Crippen LogP contribution in [0.1, 0.15) is 34.3 Å². The number of rotatable bonds is 7. The molecule has 1 saturated heterocycles. The number of aliphatic carboxylic acids is 2.